The maximum absolute atomic E-state index is 13.9. The van der Waals surface area contributed by atoms with E-state index in [2.05, 4.69) is 15.6 Å². The fourth-order valence-electron chi connectivity index (χ4n) is 4.09. The Morgan fingerprint density at radius 1 is 1.05 bits per heavy atom. The molecule has 37 heavy (non-hydrogen) atoms. The van der Waals surface area contributed by atoms with E-state index in [0.29, 0.717) is 27.9 Å². The van der Waals surface area contributed by atoms with Crippen molar-refractivity contribution in [2.45, 2.75) is 45.4 Å². The second-order valence-corrected chi connectivity index (χ2v) is 9.80. The lowest BCUT2D eigenvalue weighted by atomic mass is 10.0. The summed E-state index contributed by atoms with van der Waals surface area (Å²) in [6, 6.07) is 19.3. The molecule has 4 rings (SSSR count). The predicted molar refractivity (Wildman–Crippen MR) is 138 cm³/mol. The fourth-order valence-corrected chi connectivity index (χ4v) is 4.09. The van der Waals surface area contributed by atoms with Crippen LogP contribution in [0.4, 0.5) is 4.39 Å². The molecule has 1 N–H and O–H groups in total. The van der Waals surface area contributed by atoms with Crippen LogP contribution in [0.1, 0.15) is 37.9 Å². The van der Waals surface area contributed by atoms with Crippen molar-refractivity contribution in [3.8, 4) is 5.75 Å². The van der Waals surface area contributed by atoms with E-state index in [9.17, 15) is 14.0 Å². The van der Waals surface area contributed by atoms with Crippen LogP contribution in [0.15, 0.2) is 72.8 Å². The third kappa shape index (κ3) is 6.30. The summed E-state index contributed by atoms with van der Waals surface area (Å²) in [7, 11) is 1.54. The third-order valence-corrected chi connectivity index (χ3v) is 5.76. The Morgan fingerprint density at radius 3 is 2.49 bits per heavy atom. The number of amides is 2. The molecule has 0 fully saturated rings. The van der Waals surface area contributed by atoms with Gasteiger partial charge in [-0.2, -0.15) is 0 Å². The molecule has 1 atom stereocenters. The molecule has 3 aromatic carbocycles. The fraction of sp³-hybridized carbons (Fsp3) is 0.286. The number of ether oxygens (including phenoxy) is 1. The number of rotatable bonds is 8. The minimum Gasteiger partial charge on any atom is -0.497 e. The summed E-state index contributed by atoms with van der Waals surface area (Å²) in [6.07, 6.45) is 0. The molecule has 0 aliphatic carbocycles. The van der Waals surface area contributed by atoms with Gasteiger partial charge in [0.1, 0.15) is 29.7 Å². The Bertz CT molecular complexity index is 1390. The van der Waals surface area contributed by atoms with Crippen LogP contribution in [-0.2, 0) is 22.7 Å². The van der Waals surface area contributed by atoms with Crippen molar-refractivity contribution in [1.82, 2.24) is 25.2 Å². The summed E-state index contributed by atoms with van der Waals surface area (Å²) in [4.78, 5) is 29.1. The van der Waals surface area contributed by atoms with Crippen molar-refractivity contribution in [3.63, 3.8) is 0 Å². The molecule has 1 heterocycles. The summed E-state index contributed by atoms with van der Waals surface area (Å²) >= 11 is 0. The van der Waals surface area contributed by atoms with E-state index in [0.717, 1.165) is 0 Å². The van der Waals surface area contributed by atoms with Crippen LogP contribution >= 0.6 is 0 Å². The Labute approximate surface area is 215 Å². The first kappa shape index (κ1) is 25.8. The minimum atomic E-state index is -0.985. The minimum absolute atomic E-state index is 0.0746. The smallest absolute Gasteiger partial charge is 0.247 e. The van der Waals surface area contributed by atoms with Crippen molar-refractivity contribution in [2.75, 3.05) is 7.11 Å². The maximum Gasteiger partial charge on any atom is 0.247 e. The number of para-hydroxylation sites is 1. The van der Waals surface area contributed by atoms with E-state index in [1.807, 2.05) is 45.0 Å². The first-order valence-corrected chi connectivity index (χ1v) is 11.9. The van der Waals surface area contributed by atoms with Gasteiger partial charge in [-0.1, -0.05) is 41.6 Å². The van der Waals surface area contributed by atoms with Gasteiger partial charge in [0.2, 0.25) is 11.8 Å². The van der Waals surface area contributed by atoms with Gasteiger partial charge < -0.3 is 15.0 Å². The van der Waals surface area contributed by atoms with Gasteiger partial charge >= 0.3 is 0 Å². The number of fused-ring (bicyclic) bond motifs is 1. The van der Waals surface area contributed by atoms with Crippen molar-refractivity contribution in [3.05, 3.63) is 89.7 Å². The monoisotopic (exact) mass is 503 g/mol. The largest absolute Gasteiger partial charge is 0.497 e. The average Bonchev–Trinajstić information content (AvgIpc) is 3.26. The Balaban J connectivity index is 1.78. The highest BCUT2D eigenvalue weighted by molar-refractivity contribution is 5.89. The molecule has 0 spiro atoms. The van der Waals surface area contributed by atoms with E-state index in [1.54, 1.807) is 43.5 Å². The van der Waals surface area contributed by atoms with Gasteiger partial charge in [-0.05, 0) is 68.3 Å². The van der Waals surface area contributed by atoms with E-state index >= 15 is 0 Å². The molecule has 0 aliphatic rings. The number of nitrogens with one attached hydrogen (secondary N) is 1. The highest BCUT2D eigenvalue weighted by Crippen LogP contribution is 2.28. The lowest BCUT2D eigenvalue weighted by Crippen LogP contribution is -2.49. The zero-order valence-corrected chi connectivity index (χ0v) is 21.3. The molecular weight excluding hydrogens is 473 g/mol. The van der Waals surface area contributed by atoms with Gasteiger partial charge in [0, 0.05) is 12.1 Å². The number of methoxy groups -OCH3 is 1. The van der Waals surface area contributed by atoms with Gasteiger partial charge in [-0.15, -0.1) is 5.10 Å². The molecule has 8 nitrogen and oxygen atoms in total. The van der Waals surface area contributed by atoms with Crippen LogP contribution in [-0.4, -0.2) is 44.4 Å². The Kier molecular flexibility index (Phi) is 7.52. The number of carbonyl (C=O) groups is 2. The summed E-state index contributed by atoms with van der Waals surface area (Å²) < 4.78 is 20.5. The zero-order chi connectivity index (χ0) is 26.6. The van der Waals surface area contributed by atoms with E-state index < -0.39 is 11.6 Å². The SMILES string of the molecule is COc1cccc([C@@H](C(=O)NC(C)(C)C)N(Cc2ccc(F)cc2)C(=O)Cn2nnc3ccccc32)c1. The summed E-state index contributed by atoms with van der Waals surface area (Å²) in [6.45, 7) is 5.57. The van der Waals surface area contributed by atoms with Crippen LogP contribution in [0.2, 0.25) is 0 Å². The third-order valence-electron chi connectivity index (χ3n) is 5.76. The zero-order valence-electron chi connectivity index (χ0n) is 21.3. The number of halogens is 1. The van der Waals surface area contributed by atoms with Gasteiger partial charge in [-0.3, -0.25) is 9.59 Å². The normalized spacial score (nSPS) is 12.2. The second kappa shape index (κ2) is 10.8. The van der Waals surface area contributed by atoms with Crippen LogP contribution in [0.25, 0.3) is 11.0 Å². The van der Waals surface area contributed by atoms with E-state index in [4.69, 9.17) is 4.74 Å². The standard InChI is InChI=1S/C28H30FN5O3/c1-28(2,3)30-27(36)26(20-8-7-9-22(16-20)37-4)33(17-19-12-14-21(29)15-13-19)25(35)18-34-24-11-6-5-10-23(24)31-32-34/h5-16,26H,17-18H2,1-4H3,(H,30,36)/t26-/m0/s1. The van der Waals surface area contributed by atoms with Crippen LogP contribution < -0.4 is 10.1 Å². The Morgan fingerprint density at radius 2 is 1.78 bits per heavy atom. The maximum atomic E-state index is 13.9. The lowest BCUT2D eigenvalue weighted by Gasteiger charge is -2.34. The Hall–Kier alpha value is -4.27. The number of benzene rings is 3. The molecule has 0 saturated carbocycles. The highest BCUT2D eigenvalue weighted by Gasteiger charge is 2.34. The lowest BCUT2D eigenvalue weighted by molar-refractivity contribution is -0.142. The molecule has 192 valence electrons. The van der Waals surface area contributed by atoms with Gasteiger partial charge in [-0.25, -0.2) is 9.07 Å². The number of aromatic nitrogens is 3. The summed E-state index contributed by atoms with van der Waals surface area (Å²) in [5, 5.41) is 11.3. The topological polar surface area (TPSA) is 89.4 Å². The molecule has 0 bridgehead atoms. The van der Waals surface area contributed by atoms with Crippen LogP contribution in [0.3, 0.4) is 0 Å². The van der Waals surface area contributed by atoms with Crippen molar-refractivity contribution in [1.29, 1.82) is 0 Å². The van der Waals surface area contributed by atoms with Crippen molar-refractivity contribution < 1.29 is 18.7 Å². The van der Waals surface area contributed by atoms with Gasteiger partial charge in [0.05, 0.1) is 12.6 Å². The van der Waals surface area contributed by atoms with Crippen molar-refractivity contribution in [2.24, 2.45) is 0 Å². The molecule has 1 aromatic heterocycles. The predicted octanol–water partition coefficient (Wildman–Crippen LogP) is 4.26. The second-order valence-electron chi connectivity index (χ2n) is 9.80. The van der Waals surface area contributed by atoms with Crippen LogP contribution in [0.5, 0.6) is 5.75 Å². The van der Waals surface area contributed by atoms with Gasteiger partial charge in [0.25, 0.3) is 0 Å². The molecule has 0 radical (unpaired) electrons. The molecule has 2 amide bonds. The van der Waals surface area contributed by atoms with Gasteiger partial charge in [0.15, 0.2) is 0 Å². The number of carbonyl (C=O) groups excluding carboxylic acids is 2. The highest BCUT2D eigenvalue weighted by atomic mass is 19.1. The van der Waals surface area contributed by atoms with Crippen molar-refractivity contribution >= 4 is 22.8 Å². The summed E-state index contributed by atoms with van der Waals surface area (Å²) in [5.74, 6) is -0.524. The molecule has 0 aliphatic heterocycles. The van der Waals surface area contributed by atoms with E-state index in [-0.39, 0.29) is 30.7 Å². The van der Waals surface area contributed by atoms with E-state index in [1.165, 1.54) is 21.7 Å². The quantitative estimate of drug-likeness (QED) is 0.388. The molecule has 0 saturated heterocycles. The summed E-state index contributed by atoms with van der Waals surface area (Å²) in [5.41, 5.74) is 2.08. The number of hydrogen-bond acceptors (Lipinski definition) is 5. The number of nitrogens with zero attached hydrogens (tertiary/aromatic N) is 4. The first-order valence-electron chi connectivity index (χ1n) is 11.9. The average molecular weight is 504 g/mol. The molecule has 0 unspecified atom stereocenters. The molecule has 4 aromatic rings. The molecular formula is C28H30FN5O3. The number of hydrogen-bond donors (Lipinski definition) is 1. The first-order chi connectivity index (χ1) is 17.6. The molecule has 9 heteroatoms. The van der Waals surface area contributed by atoms with Crippen LogP contribution in [0, 0.1) is 5.82 Å².